The number of aryl methyl sites for hydroxylation is 1. The molecule has 1 aromatic heterocycles. The summed E-state index contributed by atoms with van der Waals surface area (Å²) in [5.74, 6) is 0. The second-order valence-corrected chi connectivity index (χ2v) is 9.93. The van der Waals surface area contributed by atoms with Crippen molar-refractivity contribution in [3.8, 4) is 0 Å². The van der Waals surface area contributed by atoms with Gasteiger partial charge in [-0.1, -0.05) is 0 Å². The lowest BCUT2D eigenvalue weighted by Crippen LogP contribution is -2.50. The van der Waals surface area contributed by atoms with Crippen LogP contribution in [0, 0.1) is 12.3 Å². The molecule has 2 aliphatic heterocycles. The van der Waals surface area contributed by atoms with Gasteiger partial charge in [-0.15, -0.1) is 4.72 Å². The van der Waals surface area contributed by atoms with Crippen molar-refractivity contribution in [2.45, 2.75) is 57.9 Å². The molecule has 1 unspecified atom stereocenters. The Labute approximate surface area is 145 Å². The molecule has 1 spiro atoms. The van der Waals surface area contributed by atoms with Gasteiger partial charge in [0.1, 0.15) is 10.8 Å². The Morgan fingerprint density at radius 2 is 2.08 bits per heavy atom. The minimum absolute atomic E-state index is 0.0605. The highest BCUT2D eigenvalue weighted by molar-refractivity contribution is 7.90. The number of carbonyl (C=O) groups is 1. The first-order valence-electron chi connectivity index (χ1n) is 8.33. The van der Waals surface area contributed by atoms with Crippen molar-refractivity contribution in [2.75, 3.05) is 13.1 Å². The van der Waals surface area contributed by atoms with E-state index < -0.39 is 17.5 Å². The van der Waals surface area contributed by atoms with Crippen LogP contribution in [0.5, 0.6) is 0 Å². The number of piperidine rings is 1. The van der Waals surface area contributed by atoms with Crippen LogP contribution >= 0.6 is 0 Å². The lowest BCUT2D eigenvalue weighted by molar-refractivity contribution is 0.0701. The van der Waals surface area contributed by atoms with E-state index in [0.29, 0.717) is 13.1 Å². The summed E-state index contributed by atoms with van der Waals surface area (Å²) in [6.45, 7) is 9.60. The van der Waals surface area contributed by atoms with Gasteiger partial charge in [-0.2, -0.15) is 5.10 Å². The van der Waals surface area contributed by atoms with Crippen LogP contribution in [0.2, 0.25) is 0 Å². The number of nitrogens with one attached hydrogen (secondary N) is 1. The van der Waals surface area contributed by atoms with E-state index in [2.05, 4.69) is 15.9 Å². The zero-order valence-corrected chi connectivity index (χ0v) is 15.5. The second kappa shape index (κ2) is 5.93. The molecule has 24 heavy (non-hydrogen) atoms. The summed E-state index contributed by atoms with van der Waals surface area (Å²) < 4.78 is 17.7. The van der Waals surface area contributed by atoms with E-state index in [1.54, 1.807) is 0 Å². The first kappa shape index (κ1) is 17.6. The highest BCUT2D eigenvalue weighted by Crippen LogP contribution is 2.49. The molecule has 1 aromatic rings. The van der Waals surface area contributed by atoms with E-state index in [9.17, 15) is 14.5 Å². The fraction of sp³-hybridized carbons (Fsp3) is 0.750. The molecule has 0 radical (unpaired) electrons. The number of carboxylic acid groups (broad SMARTS) is 1. The third kappa shape index (κ3) is 3.02. The molecule has 1 fully saturated rings. The molecule has 1 amide bonds. The maximum Gasteiger partial charge on any atom is 0.407 e. The molecule has 0 aliphatic carbocycles. The van der Waals surface area contributed by atoms with Gasteiger partial charge in [0.15, 0.2) is 0 Å². The molecular weight excluding hydrogens is 328 g/mol. The lowest BCUT2D eigenvalue weighted by Gasteiger charge is -2.42. The third-order valence-corrected chi connectivity index (χ3v) is 6.68. The number of aromatic nitrogens is 2. The topological polar surface area (TPSA) is 93.5 Å². The van der Waals surface area contributed by atoms with Gasteiger partial charge in [0.25, 0.3) is 0 Å². The Kier molecular flexibility index (Phi) is 4.34. The minimum Gasteiger partial charge on any atom is -0.598 e. The summed E-state index contributed by atoms with van der Waals surface area (Å²) in [6.07, 6.45) is 0.640. The monoisotopic (exact) mass is 354 g/mol. The summed E-state index contributed by atoms with van der Waals surface area (Å²) in [7, 11) is 0. The van der Waals surface area contributed by atoms with Crippen molar-refractivity contribution >= 4 is 17.5 Å². The molecule has 3 heterocycles. The molecule has 1 saturated heterocycles. The van der Waals surface area contributed by atoms with Crippen LogP contribution in [0.25, 0.3) is 0 Å². The normalized spacial score (nSPS) is 24.2. The van der Waals surface area contributed by atoms with Gasteiger partial charge in [-0.05, 0) is 46.6 Å². The average Bonchev–Trinajstić information content (AvgIpc) is 2.94. The van der Waals surface area contributed by atoms with Crippen LogP contribution in [-0.4, -0.2) is 48.3 Å². The Morgan fingerprint density at radius 3 is 2.62 bits per heavy atom. The van der Waals surface area contributed by atoms with Gasteiger partial charge >= 0.3 is 6.09 Å². The molecular formula is C16H26N4O3S. The number of fused-ring (bicyclic) bond motifs is 1. The summed E-state index contributed by atoms with van der Waals surface area (Å²) in [4.78, 5) is 12.7. The van der Waals surface area contributed by atoms with Crippen LogP contribution in [-0.2, 0) is 17.9 Å². The second-order valence-electron chi connectivity index (χ2n) is 7.93. The van der Waals surface area contributed by atoms with Crippen molar-refractivity contribution in [3.05, 3.63) is 17.5 Å². The molecule has 2 aliphatic rings. The molecule has 2 N–H and O–H groups in total. The van der Waals surface area contributed by atoms with Crippen molar-refractivity contribution in [1.29, 1.82) is 0 Å². The van der Waals surface area contributed by atoms with Crippen molar-refractivity contribution in [3.63, 3.8) is 0 Å². The SMILES string of the molecule is Cc1cc2n(n1)CC1(CCN(C(=O)O)CC1)[C@@H]2N[S+]([O-])C(C)(C)C. The number of rotatable bonds is 2. The van der Waals surface area contributed by atoms with Crippen LogP contribution in [0.15, 0.2) is 6.07 Å². The smallest absolute Gasteiger partial charge is 0.407 e. The third-order valence-electron chi connectivity index (χ3n) is 5.12. The van der Waals surface area contributed by atoms with Gasteiger partial charge in [0.2, 0.25) is 0 Å². The fourth-order valence-electron chi connectivity index (χ4n) is 3.69. The number of nitrogens with zero attached hydrogens (tertiary/aromatic N) is 3. The van der Waals surface area contributed by atoms with E-state index in [1.807, 2.05) is 32.4 Å². The largest absolute Gasteiger partial charge is 0.598 e. The molecule has 0 aromatic carbocycles. The maximum atomic E-state index is 12.7. The number of hydrogen-bond donors (Lipinski definition) is 2. The van der Waals surface area contributed by atoms with Gasteiger partial charge in [-0.3, -0.25) is 4.68 Å². The summed E-state index contributed by atoms with van der Waals surface area (Å²) in [6, 6.07) is 1.99. The lowest BCUT2D eigenvalue weighted by atomic mass is 9.73. The zero-order chi connectivity index (χ0) is 17.7. The van der Waals surface area contributed by atoms with Crippen LogP contribution < -0.4 is 4.72 Å². The van der Waals surface area contributed by atoms with Gasteiger partial charge in [-0.25, -0.2) is 4.79 Å². The van der Waals surface area contributed by atoms with E-state index in [4.69, 9.17) is 0 Å². The van der Waals surface area contributed by atoms with E-state index in [0.717, 1.165) is 30.8 Å². The van der Waals surface area contributed by atoms with E-state index in [1.165, 1.54) is 4.90 Å². The Bertz CT molecular complexity index is 632. The average molecular weight is 354 g/mol. The highest BCUT2D eigenvalue weighted by atomic mass is 32.2. The Balaban J connectivity index is 1.86. The number of hydrogen-bond acceptors (Lipinski definition) is 4. The van der Waals surface area contributed by atoms with E-state index in [-0.39, 0.29) is 16.2 Å². The maximum absolute atomic E-state index is 12.7. The molecule has 0 saturated carbocycles. The molecule has 7 nitrogen and oxygen atoms in total. The predicted octanol–water partition coefficient (Wildman–Crippen LogP) is 2.06. The van der Waals surface area contributed by atoms with Crippen molar-refractivity contribution < 1.29 is 14.5 Å². The summed E-state index contributed by atoms with van der Waals surface area (Å²) in [5, 5.41) is 13.8. The number of amides is 1. The zero-order valence-electron chi connectivity index (χ0n) is 14.7. The molecule has 8 heteroatoms. The Morgan fingerprint density at radius 1 is 1.46 bits per heavy atom. The predicted molar refractivity (Wildman–Crippen MR) is 92.0 cm³/mol. The van der Waals surface area contributed by atoms with Crippen molar-refractivity contribution in [1.82, 2.24) is 19.4 Å². The highest BCUT2D eigenvalue weighted by Gasteiger charge is 2.52. The standard InChI is InChI=1S/C16H26N4O3S/c1-11-9-12-13(18-24(23)15(2,3)4)16(10-20(12)17-11)5-7-19(8-6-16)14(21)22/h9,13,18H,5-8,10H2,1-4H3,(H,21,22)/t13-,24?/m1/s1. The fourth-order valence-corrected chi connectivity index (χ4v) is 4.63. The molecule has 2 atom stereocenters. The minimum atomic E-state index is -1.19. The van der Waals surface area contributed by atoms with Gasteiger partial charge in [0, 0.05) is 36.4 Å². The first-order chi connectivity index (χ1) is 11.1. The van der Waals surface area contributed by atoms with Gasteiger partial charge < -0.3 is 14.6 Å². The summed E-state index contributed by atoms with van der Waals surface area (Å²) in [5.41, 5.74) is 1.90. The van der Waals surface area contributed by atoms with Crippen LogP contribution in [0.3, 0.4) is 0 Å². The molecule has 134 valence electrons. The quantitative estimate of drug-likeness (QED) is 0.793. The molecule has 3 rings (SSSR count). The van der Waals surface area contributed by atoms with Crippen LogP contribution in [0.4, 0.5) is 4.79 Å². The van der Waals surface area contributed by atoms with Gasteiger partial charge in [0.05, 0.1) is 11.4 Å². The van der Waals surface area contributed by atoms with E-state index >= 15 is 0 Å². The van der Waals surface area contributed by atoms with Crippen molar-refractivity contribution in [2.24, 2.45) is 5.41 Å². The first-order valence-corrected chi connectivity index (χ1v) is 9.48. The van der Waals surface area contributed by atoms with Crippen LogP contribution in [0.1, 0.15) is 51.0 Å². The Hall–Kier alpha value is -1.25. The summed E-state index contributed by atoms with van der Waals surface area (Å²) >= 11 is -1.19. The molecule has 0 bridgehead atoms. The number of likely N-dealkylation sites (tertiary alicyclic amines) is 1.